The maximum Gasteiger partial charge on any atom is 0.126 e. The number of ether oxygens (including phenoxy) is 1. The summed E-state index contributed by atoms with van der Waals surface area (Å²) < 4.78 is 5.29. The van der Waals surface area contributed by atoms with Gasteiger partial charge in [0.05, 0.1) is 7.11 Å². The molecule has 0 aliphatic rings. The predicted molar refractivity (Wildman–Crippen MR) is 73.5 cm³/mol. The average Bonchev–Trinajstić information content (AvgIpc) is 2.27. The van der Waals surface area contributed by atoms with Gasteiger partial charge in [0, 0.05) is 20.6 Å². The Morgan fingerprint density at radius 3 is 2.06 bits per heavy atom. The van der Waals surface area contributed by atoms with Crippen molar-refractivity contribution >= 4 is 34.8 Å². The molecule has 0 unspecified atom stereocenters. The van der Waals surface area contributed by atoms with Crippen molar-refractivity contribution in [2.45, 2.75) is 0 Å². The van der Waals surface area contributed by atoms with E-state index in [4.69, 9.17) is 39.5 Å². The van der Waals surface area contributed by atoms with E-state index in [2.05, 4.69) is 0 Å². The summed E-state index contributed by atoms with van der Waals surface area (Å²) in [5, 5.41) is 1.79. The lowest BCUT2D eigenvalue weighted by Gasteiger charge is -2.10. The number of benzene rings is 2. The molecule has 0 bridgehead atoms. The van der Waals surface area contributed by atoms with E-state index in [1.54, 1.807) is 19.2 Å². The van der Waals surface area contributed by atoms with Crippen LogP contribution in [0, 0.1) is 0 Å². The van der Waals surface area contributed by atoms with E-state index >= 15 is 0 Å². The lowest BCUT2D eigenvalue weighted by Crippen LogP contribution is -1.88. The molecule has 2 rings (SSSR count). The molecule has 17 heavy (non-hydrogen) atoms. The van der Waals surface area contributed by atoms with Gasteiger partial charge in [-0.15, -0.1) is 0 Å². The van der Waals surface area contributed by atoms with Crippen LogP contribution in [0.4, 0.5) is 0 Å². The van der Waals surface area contributed by atoms with Gasteiger partial charge in [0.25, 0.3) is 0 Å². The first-order valence-electron chi connectivity index (χ1n) is 4.90. The van der Waals surface area contributed by atoms with E-state index in [0.717, 1.165) is 16.9 Å². The first-order chi connectivity index (χ1) is 8.10. The van der Waals surface area contributed by atoms with Crippen molar-refractivity contribution in [3.63, 3.8) is 0 Å². The maximum absolute atomic E-state index is 5.98. The zero-order valence-electron chi connectivity index (χ0n) is 9.01. The molecule has 0 saturated heterocycles. The lowest BCUT2D eigenvalue weighted by molar-refractivity contribution is 0.416. The highest BCUT2D eigenvalue weighted by molar-refractivity contribution is 6.35. The third-order valence-corrected chi connectivity index (χ3v) is 3.01. The van der Waals surface area contributed by atoms with Gasteiger partial charge in [0.15, 0.2) is 0 Å². The molecule has 88 valence electrons. The standard InChI is InChI=1S/C13H9Cl3O/c1-17-13-3-2-9(14)7-12(13)8-4-10(15)6-11(16)5-8/h2-7H,1H3. The summed E-state index contributed by atoms with van der Waals surface area (Å²) in [7, 11) is 1.61. The Labute approximate surface area is 115 Å². The van der Waals surface area contributed by atoms with Crippen LogP contribution in [0.2, 0.25) is 15.1 Å². The highest BCUT2D eigenvalue weighted by atomic mass is 35.5. The molecule has 0 fully saturated rings. The largest absolute Gasteiger partial charge is 0.496 e. The summed E-state index contributed by atoms with van der Waals surface area (Å²) in [6.07, 6.45) is 0. The van der Waals surface area contributed by atoms with Crippen molar-refractivity contribution in [1.82, 2.24) is 0 Å². The van der Waals surface area contributed by atoms with Gasteiger partial charge in [-0.3, -0.25) is 0 Å². The molecule has 0 aromatic heterocycles. The number of rotatable bonds is 2. The summed E-state index contributed by atoms with van der Waals surface area (Å²) in [6, 6.07) is 10.7. The van der Waals surface area contributed by atoms with Crippen molar-refractivity contribution in [3.05, 3.63) is 51.5 Å². The molecule has 0 spiro atoms. The van der Waals surface area contributed by atoms with Crippen molar-refractivity contribution in [1.29, 1.82) is 0 Å². The Kier molecular flexibility index (Phi) is 3.82. The van der Waals surface area contributed by atoms with Gasteiger partial charge < -0.3 is 4.74 Å². The molecule has 0 amide bonds. The minimum absolute atomic E-state index is 0.578. The van der Waals surface area contributed by atoms with Gasteiger partial charge in [-0.1, -0.05) is 34.8 Å². The SMILES string of the molecule is COc1ccc(Cl)cc1-c1cc(Cl)cc(Cl)c1. The molecule has 2 aromatic rings. The second kappa shape index (κ2) is 5.18. The minimum atomic E-state index is 0.578. The monoisotopic (exact) mass is 286 g/mol. The van der Waals surface area contributed by atoms with Crippen LogP contribution in [0.15, 0.2) is 36.4 Å². The molecule has 0 atom stereocenters. The molecule has 1 nitrogen and oxygen atoms in total. The second-order valence-corrected chi connectivity index (χ2v) is 4.81. The Bertz CT molecular complexity index is 532. The smallest absolute Gasteiger partial charge is 0.126 e. The zero-order valence-corrected chi connectivity index (χ0v) is 11.3. The molecule has 2 aromatic carbocycles. The summed E-state index contributed by atoms with van der Waals surface area (Å²) in [6.45, 7) is 0. The highest BCUT2D eigenvalue weighted by Gasteiger charge is 2.08. The first-order valence-corrected chi connectivity index (χ1v) is 6.03. The fourth-order valence-electron chi connectivity index (χ4n) is 1.62. The molecule has 0 radical (unpaired) electrons. The Balaban J connectivity index is 2.62. The third-order valence-electron chi connectivity index (χ3n) is 2.34. The normalized spacial score (nSPS) is 10.4. The molecule has 4 heteroatoms. The summed E-state index contributed by atoms with van der Waals surface area (Å²) in [4.78, 5) is 0. The van der Waals surface area contributed by atoms with E-state index in [1.165, 1.54) is 0 Å². The minimum Gasteiger partial charge on any atom is -0.496 e. The van der Waals surface area contributed by atoms with Gasteiger partial charge in [-0.05, 0) is 42.0 Å². The summed E-state index contributed by atoms with van der Waals surface area (Å²) >= 11 is 17.9. The fraction of sp³-hybridized carbons (Fsp3) is 0.0769. The maximum atomic E-state index is 5.98. The van der Waals surface area contributed by atoms with Crippen LogP contribution in [-0.2, 0) is 0 Å². The van der Waals surface area contributed by atoms with Crippen molar-refractivity contribution < 1.29 is 4.74 Å². The zero-order chi connectivity index (χ0) is 12.4. The second-order valence-electron chi connectivity index (χ2n) is 3.50. The van der Waals surface area contributed by atoms with Gasteiger partial charge in [-0.25, -0.2) is 0 Å². The van der Waals surface area contributed by atoms with Crippen LogP contribution in [0.25, 0.3) is 11.1 Å². The quantitative estimate of drug-likeness (QED) is 0.726. The van der Waals surface area contributed by atoms with E-state index in [0.29, 0.717) is 15.1 Å². The van der Waals surface area contributed by atoms with Crippen LogP contribution in [-0.4, -0.2) is 7.11 Å². The van der Waals surface area contributed by atoms with Crippen molar-refractivity contribution in [3.8, 4) is 16.9 Å². The number of hydrogen-bond donors (Lipinski definition) is 0. The van der Waals surface area contributed by atoms with Crippen LogP contribution in [0.5, 0.6) is 5.75 Å². The van der Waals surface area contributed by atoms with E-state index in [-0.39, 0.29) is 0 Å². The highest BCUT2D eigenvalue weighted by Crippen LogP contribution is 2.35. The molecule has 0 aliphatic carbocycles. The van der Waals surface area contributed by atoms with E-state index < -0.39 is 0 Å². The van der Waals surface area contributed by atoms with E-state index in [9.17, 15) is 0 Å². The summed E-state index contributed by atoms with van der Waals surface area (Å²) in [5.41, 5.74) is 1.74. The Morgan fingerprint density at radius 1 is 0.824 bits per heavy atom. The molecule has 0 N–H and O–H groups in total. The van der Waals surface area contributed by atoms with Crippen LogP contribution >= 0.6 is 34.8 Å². The van der Waals surface area contributed by atoms with E-state index in [1.807, 2.05) is 24.3 Å². The number of methoxy groups -OCH3 is 1. The molecule has 0 saturated carbocycles. The van der Waals surface area contributed by atoms with Gasteiger partial charge in [0.1, 0.15) is 5.75 Å². The van der Waals surface area contributed by atoms with Gasteiger partial charge >= 0.3 is 0 Å². The average molecular weight is 288 g/mol. The first kappa shape index (κ1) is 12.6. The molecular weight excluding hydrogens is 279 g/mol. The lowest BCUT2D eigenvalue weighted by atomic mass is 10.0. The molecular formula is C13H9Cl3O. The topological polar surface area (TPSA) is 9.23 Å². The van der Waals surface area contributed by atoms with Crippen LogP contribution in [0.3, 0.4) is 0 Å². The van der Waals surface area contributed by atoms with Gasteiger partial charge in [-0.2, -0.15) is 0 Å². The molecule has 0 heterocycles. The Morgan fingerprint density at radius 2 is 1.47 bits per heavy atom. The number of hydrogen-bond acceptors (Lipinski definition) is 1. The predicted octanol–water partition coefficient (Wildman–Crippen LogP) is 5.32. The summed E-state index contributed by atoms with van der Waals surface area (Å²) in [5.74, 6) is 0.729. The van der Waals surface area contributed by atoms with Gasteiger partial charge in [0.2, 0.25) is 0 Å². The van der Waals surface area contributed by atoms with Crippen molar-refractivity contribution in [2.24, 2.45) is 0 Å². The fourth-order valence-corrected chi connectivity index (χ4v) is 2.31. The van der Waals surface area contributed by atoms with Crippen LogP contribution < -0.4 is 4.74 Å². The third kappa shape index (κ3) is 2.86. The van der Waals surface area contributed by atoms with Crippen molar-refractivity contribution in [2.75, 3.05) is 7.11 Å². The molecule has 0 aliphatic heterocycles. The Hall–Kier alpha value is -0.890. The number of halogens is 3. The van der Waals surface area contributed by atoms with Crippen LogP contribution in [0.1, 0.15) is 0 Å².